The molecule has 0 aliphatic carbocycles. The number of hydrogen-bond donors (Lipinski definition) is 1. The monoisotopic (exact) mass is 323 g/mol. The minimum Gasteiger partial charge on any atom is -0.361 e. The van der Waals surface area contributed by atoms with Crippen LogP contribution in [0.4, 0.5) is 5.69 Å². The summed E-state index contributed by atoms with van der Waals surface area (Å²) in [5.74, 6) is 0.536. The zero-order chi connectivity index (χ0) is 17.3. The van der Waals surface area contributed by atoms with Crippen LogP contribution in [-0.2, 0) is 4.79 Å². The largest absolute Gasteiger partial charge is 0.361 e. The zero-order valence-electron chi connectivity index (χ0n) is 13.7. The van der Waals surface area contributed by atoms with Gasteiger partial charge in [0.1, 0.15) is 5.76 Å². The summed E-state index contributed by atoms with van der Waals surface area (Å²) in [5.41, 5.74) is 3.63. The SMILES string of the molecule is CC(=O)Nc1cccc(-n2cc(-c3c(C)noc3C)ccc2=O)c1. The van der Waals surface area contributed by atoms with E-state index in [0.717, 1.165) is 16.8 Å². The van der Waals surface area contributed by atoms with Gasteiger partial charge >= 0.3 is 0 Å². The van der Waals surface area contributed by atoms with Gasteiger partial charge in [0.25, 0.3) is 5.56 Å². The second-order valence-electron chi connectivity index (χ2n) is 5.56. The molecular formula is C18H17N3O3. The van der Waals surface area contributed by atoms with E-state index in [1.165, 1.54) is 17.6 Å². The highest BCUT2D eigenvalue weighted by atomic mass is 16.5. The van der Waals surface area contributed by atoms with Gasteiger partial charge in [-0.15, -0.1) is 0 Å². The van der Waals surface area contributed by atoms with Crippen LogP contribution in [0.25, 0.3) is 16.8 Å². The molecule has 0 fully saturated rings. The van der Waals surface area contributed by atoms with Crippen LogP contribution in [-0.4, -0.2) is 15.6 Å². The van der Waals surface area contributed by atoms with Crippen LogP contribution >= 0.6 is 0 Å². The number of hydrogen-bond acceptors (Lipinski definition) is 4. The fraction of sp³-hybridized carbons (Fsp3) is 0.167. The molecule has 0 unspecified atom stereocenters. The summed E-state index contributed by atoms with van der Waals surface area (Å²) in [6.07, 6.45) is 1.75. The summed E-state index contributed by atoms with van der Waals surface area (Å²) in [6, 6.07) is 10.4. The maximum Gasteiger partial charge on any atom is 0.255 e. The van der Waals surface area contributed by atoms with E-state index in [1.807, 2.05) is 19.9 Å². The third-order valence-corrected chi connectivity index (χ3v) is 3.68. The fourth-order valence-electron chi connectivity index (χ4n) is 2.67. The van der Waals surface area contributed by atoms with Gasteiger partial charge in [-0.25, -0.2) is 0 Å². The number of aryl methyl sites for hydroxylation is 2. The number of carbonyl (C=O) groups excluding carboxylic acids is 1. The molecule has 0 spiro atoms. The summed E-state index contributed by atoms with van der Waals surface area (Å²) in [5, 5.41) is 6.67. The van der Waals surface area contributed by atoms with Gasteiger partial charge in [0.05, 0.1) is 11.4 Å². The van der Waals surface area contributed by atoms with Gasteiger partial charge in [0, 0.05) is 36.0 Å². The molecule has 2 aromatic heterocycles. The highest BCUT2D eigenvalue weighted by Crippen LogP contribution is 2.26. The average Bonchev–Trinajstić information content (AvgIpc) is 2.87. The van der Waals surface area contributed by atoms with E-state index in [0.29, 0.717) is 17.1 Å². The Labute approximate surface area is 138 Å². The first kappa shape index (κ1) is 15.7. The van der Waals surface area contributed by atoms with Crippen LogP contribution in [0.15, 0.2) is 51.9 Å². The van der Waals surface area contributed by atoms with Crippen LogP contribution in [0, 0.1) is 13.8 Å². The number of amides is 1. The van der Waals surface area contributed by atoms with Crippen LogP contribution in [0.2, 0.25) is 0 Å². The Morgan fingerprint density at radius 2 is 2.00 bits per heavy atom. The molecule has 3 aromatic rings. The van der Waals surface area contributed by atoms with Crippen molar-refractivity contribution >= 4 is 11.6 Å². The summed E-state index contributed by atoms with van der Waals surface area (Å²) in [7, 11) is 0. The topological polar surface area (TPSA) is 77.1 Å². The normalized spacial score (nSPS) is 10.6. The molecule has 1 N–H and O–H groups in total. The number of carbonyl (C=O) groups is 1. The lowest BCUT2D eigenvalue weighted by Gasteiger charge is -2.10. The van der Waals surface area contributed by atoms with Gasteiger partial charge in [-0.2, -0.15) is 0 Å². The van der Waals surface area contributed by atoms with Crippen molar-refractivity contribution in [2.45, 2.75) is 20.8 Å². The third kappa shape index (κ3) is 2.99. The highest BCUT2D eigenvalue weighted by molar-refractivity contribution is 5.88. The number of aromatic nitrogens is 2. The Kier molecular flexibility index (Phi) is 4.04. The second kappa shape index (κ2) is 6.16. The van der Waals surface area contributed by atoms with Gasteiger partial charge in [-0.3, -0.25) is 14.2 Å². The molecule has 0 aliphatic rings. The number of pyridine rings is 1. The maximum absolute atomic E-state index is 12.3. The molecule has 0 atom stereocenters. The maximum atomic E-state index is 12.3. The van der Waals surface area contributed by atoms with Crippen molar-refractivity contribution in [3.63, 3.8) is 0 Å². The van der Waals surface area contributed by atoms with E-state index in [1.54, 1.807) is 30.5 Å². The number of benzene rings is 1. The quantitative estimate of drug-likeness (QED) is 0.803. The Morgan fingerprint density at radius 3 is 2.67 bits per heavy atom. The minimum atomic E-state index is -0.163. The standard InChI is InChI=1S/C18H17N3O3/c1-11-18(12(2)24-20-11)14-7-8-17(23)21(10-14)16-6-4-5-15(9-16)19-13(3)22/h4-10H,1-3H3,(H,19,22). The molecule has 0 aliphatic heterocycles. The molecule has 6 nitrogen and oxygen atoms in total. The van der Waals surface area contributed by atoms with E-state index in [4.69, 9.17) is 4.52 Å². The van der Waals surface area contributed by atoms with Crippen molar-refractivity contribution in [2.24, 2.45) is 0 Å². The second-order valence-corrected chi connectivity index (χ2v) is 5.56. The average molecular weight is 323 g/mol. The Hall–Kier alpha value is -3.15. The Bertz CT molecular complexity index is 950. The highest BCUT2D eigenvalue weighted by Gasteiger charge is 2.13. The molecule has 0 saturated heterocycles. The fourth-order valence-corrected chi connectivity index (χ4v) is 2.67. The van der Waals surface area contributed by atoms with Crippen LogP contribution in [0.1, 0.15) is 18.4 Å². The predicted molar refractivity (Wildman–Crippen MR) is 91.3 cm³/mol. The number of anilines is 1. The molecular weight excluding hydrogens is 306 g/mol. The minimum absolute atomic E-state index is 0.162. The molecule has 1 amide bonds. The third-order valence-electron chi connectivity index (χ3n) is 3.68. The smallest absolute Gasteiger partial charge is 0.255 e. The predicted octanol–water partition coefficient (Wildman–Crippen LogP) is 3.07. The Morgan fingerprint density at radius 1 is 1.21 bits per heavy atom. The molecule has 0 saturated carbocycles. The molecule has 24 heavy (non-hydrogen) atoms. The van der Waals surface area contributed by atoms with E-state index in [-0.39, 0.29) is 11.5 Å². The lowest BCUT2D eigenvalue weighted by Crippen LogP contribution is -2.17. The van der Waals surface area contributed by atoms with Crippen LogP contribution < -0.4 is 10.9 Å². The van der Waals surface area contributed by atoms with Crippen LogP contribution in [0.3, 0.4) is 0 Å². The first-order valence-electron chi connectivity index (χ1n) is 7.49. The van der Waals surface area contributed by atoms with Crippen LogP contribution in [0.5, 0.6) is 0 Å². The molecule has 3 rings (SSSR count). The van der Waals surface area contributed by atoms with Crippen molar-refractivity contribution < 1.29 is 9.32 Å². The molecule has 0 bridgehead atoms. The van der Waals surface area contributed by atoms with Gasteiger partial charge in [-0.05, 0) is 38.1 Å². The lowest BCUT2D eigenvalue weighted by atomic mass is 10.1. The number of rotatable bonds is 3. The van der Waals surface area contributed by atoms with Crippen molar-refractivity contribution in [1.29, 1.82) is 0 Å². The summed E-state index contributed by atoms with van der Waals surface area (Å²) < 4.78 is 6.74. The van der Waals surface area contributed by atoms with Crippen molar-refractivity contribution in [3.05, 3.63) is 64.4 Å². The molecule has 1 aromatic carbocycles. The van der Waals surface area contributed by atoms with Gasteiger partial charge < -0.3 is 9.84 Å². The van der Waals surface area contributed by atoms with Gasteiger partial charge in [-0.1, -0.05) is 11.2 Å². The van der Waals surface area contributed by atoms with E-state index < -0.39 is 0 Å². The summed E-state index contributed by atoms with van der Waals surface area (Å²) in [4.78, 5) is 23.5. The van der Waals surface area contributed by atoms with Gasteiger partial charge in [0.2, 0.25) is 5.91 Å². The summed E-state index contributed by atoms with van der Waals surface area (Å²) >= 11 is 0. The van der Waals surface area contributed by atoms with Gasteiger partial charge in [0.15, 0.2) is 0 Å². The van der Waals surface area contributed by atoms with E-state index in [9.17, 15) is 9.59 Å². The van der Waals surface area contributed by atoms with Crippen molar-refractivity contribution in [3.8, 4) is 16.8 Å². The first-order chi connectivity index (χ1) is 11.5. The Balaban J connectivity index is 2.11. The zero-order valence-corrected chi connectivity index (χ0v) is 13.7. The molecule has 0 radical (unpaired) electrons. The van der Waals surface area contributed by atoms with Crippen molar-refractivity contribution in [2.75, 3.05) is 5.32 Å². The van der Waals surface area contributed by atoms with E-state index >= 15 is 0 Å². The number of nitrogens with one attached hydrogen (secondary N) is 1. The number of nitrogens with zero attached hydrogens (tertiary/aromatic N) is 2. The molecule has 122 valence electrons. The molecule has 6 heteroatoms. The lowest BCUT2D eigenvalue weighted by molar-refractivity contribution is -0.114. The first-order valence-corrected chi connectivity index (χ1v) is 7.49. The molecule has 2 heterocycles. The summed E-state index contributed by atoms with van der Waals surface area (Å²) in [6.45, 7) is 5.14. The van der Waals surface area contributed by atoms with E-state index in [2.05, 4.69) is 10.5 Å². The van der Waals surface area contributed by atoms with Crippen molar-refractivity contribution in [1.82, 2.24) is 9.72 Å².